The third kappa shape index (κ3) is 5.87. The first-order valence-corrected chi connectivity index (χ1v) is 12.1. The number of nitrogen functional groups attached to an aromatic ring is 1. The molecule has 3 rings (SSSR count). The molecule has 0 amide bonds. The smallest absolute Gasteiger partial charge is 0.0343 e. The summed E-state index contributed by atoms with van der Waals surface area (Å²) in [4.78, 5) is 0. The third-order valence-corrected chi connectivity index (χ3v) is 7.14. The summed E-state index contributed by atoms with van der Waals surface area (Å²) in [7, 11) is 0. The summed E-state index contributed by atoms with van der Waals surface area (Å²) in [5, 5.41) is 0. The standard InChI is InChI=1S/C28H41N/c1-3-4-5-6-7-11-18-28(19-12-8-13-20-28)26-15-10-9-14-25(26)22-24-16-17-27(29)23(2)21-24/h9-10,14-17,21H,3-8,11-13,18-20,22,29H2,1-2H3. The van der Waals surface area contributed by atoms with Gasteiger partial charge in [0.25, 0.3) is 0 Å². The molecule has 29 heavy (non-hydrogen) atoms. The van der Waals surface area contributed by atoms with Crippen molar-refractivity contribution in [1.29, 1.82) is 0 Å². The second kappa shape index (κ2) is 10.9. The lowest BCUT2D eigenvalue weighted by atomic mass is 9.65. The van der Waals surface area contributed by atoms with Gasteiger partial charge in [-0.2, -0.15) is 0 Å². The molecule has 1 heteroatoms. The highest BCUT2D eigenvalue weighted by Crippen LogP contribution is 2.45. The van der Waals surface area contributed by atoms with Gasteiger partial charge in [-0.1, -0.05) is 101 Å². The molecule has 1 fully saturated rings. The quantitative estimate of drug-likeness (QED) is 0.321. The summed E-state index contributed by atoms with van der Waals surface area (Å²) in [6.07, 6.45) is 17.7. The highest BCUT2D eigenvalue weighted by atomic mass is 14.5. The molecule has 0 spiro atoms. The number of anilines is 1. The molecule has 2 N–H and O–H groups in total. The Morgan fingerprint density at radius 1 is 0.862 bits per heavy atom. The zero-order chi connectivity index (χ0) is 20.5. The van der Waals surface area contributed by atoms with Crippen LogP contribution in [0.1, 0.15) is 106 Å². The van der Waals surface area contributed by atoms with Crippen LogP contribution < -0.4 is 5.73 Å². The number of nitrogens with two attached hydrogens (primary N) is 1. The Morgan fingerprint density at radius 2 is 1.59 bits per heavy atom. The first-order chi connectivity index (χ1) is 14.1. The molecule has 1 aliphatic carbocycles. The summed E-state index contributed by atoms with van der Waals surface area (Å²) in [5.41, 5.74) is 13.1. The van der Waals surface area contributed by atoms with Gasteiger partial charge < -0.3 is 5.73 Å². The Balaban J connectivity index is 1.78. The van der Waals surface area contributed by atoms with Crippen LogP contribution in [0.3, 0.4) is 0 Å². The van der Waals surface area contributed by atoms with E-state index < -0.39 is 0 Å². The van der Waals surface area contributed by atoms with E-state index in [1.165, 1.54) is 93.7 Å². The summed E-state index contributed by atoms with van der Waals surface area (Å²) >= 11 is 0. The van der Waals surface area contributed by atoms with Gasteiger partial charge in [-0.05, 0) is 66.3 Å². The van der Waals surface area contributed by atoms with Crippen molar-refractivity contribution in [3.8, 4) is 0 Å². The lowest BCUT2D eigenvalue weighted by Gasteiger charge is -2.40. The number of benzene rings is 2. The van der Waals surface area contributed by atoms with Crippen LogP contribution in [0.2, 0.25) is 0 Å². The molecule has 2 aromatic carbocycles. The van der Waals surface area contributed by atoms with Gasteiger partial charge >= 0.3 is 0 Å². The summed E-state index contributed by atoms with van der Waals surface area (Å²) in [5.74, 6) is 0. The molecule has 0 radical (unpaired) electrons. The Hall–Kier alpha value is -1.76. The van der Waals surface area contributed by atoms with Gasteiger partial charge in [0.05, 0.1) is 0 Å². The number of rotatable bonds is 10. The van der Waals surface area contributed by atoms with Crippen molar-refractivity contribution < 1.29 is 0 Å². The van der Waals surface area contributed by atoms with Crippen LogP contribution in [0.5, 0.6) is 0 Å². The zero-order valence-corrected chi connectivity index (χ0v) is 18.8. The molecule has 1 aliphatic rings. The number of hydrogen-bond donors (Lipinski definition) is 1. The van der Waals surface area contributed by atoms with Gasteiger partial charge in [0.1, 0.15) is 0 Å². The van der Waals surface area contributed by atoms with Crippen LogP contribution in [0.25, 0.3) is 0 Å². The highest BCUT2D eigenvalue weighted by molar-refractivity contribution is 5.49. The molecular formula is C28H41N. The lowest BCUT2D eigenvalue weighted by molar-refractivity contribution is 0.264. The number of hydrogen-bond acceptors (Lipinski definition) is 1. The molecule has 0 bridgehead atoms. The van der Waals surface area contributed by atoms with Crippen LogP contribution in [-0.2, 0) is 11.8 Å². The topological polar surface area (TPSA) is 26.0 Å². The fraction of sp³-hybridized carbons (Fsp3) is 0.571. The van der Waals surface area contributed by atoms with E-state index >= 15 is 0 Å². The van der Waals surface area contributed by atoms with E-state index in [2.05, 4.69) is 56.3 Å². The van der Waals surface area contributed by atoms with E-state index in [9.17, 15) is 0 Å². The van der Waals surface area contributed by atoms with Crippen LogP contribution in [0, 0.1) is 6.92 Å². The van der Waals surface area contributed by atoms with Gasteiger partial charge in [0.2, 0.25) is 0 Å². The first kappa shape index (κ1) is 21.9. The van der Waals surface area contributed by atoms with Crippen molar-refractivity contribution in [1.82, 2.24) is 0 Å². The summed E-state index contributed by atoms with van der Waals surface area (Å²) in [6.45, 7) is 4.42. The molecule has 1 saturated carbocycles. The zero-order valence-electron chi connectivity index (χ0n) is 18.8. The molecule has 0 heterocycles. The third-order valence-electron chi connectivity index (χ3n) is 7.14. The molecule has 0 unspecified atom stereocenters. The average Bonchev–Trinajstić information content (AvgIpc) is 2.74. The molecule has 2 aromatic rings. The molecule has 0 aromatic heterocycles. The van der Waals surface area contributed by atoms with Crippen molar-refractivity contribution in [3.63, 3.8) is 0 Å². The van der Waals surface area contributed by atoms with Crippen molar-refractivity contribution in [2.75, 3.05) is 5.73 Å². The van der Waals surface area contributed by atoms with Gasteiger partial charge in [0, 0.05) is 5.69 Å². The van der Waals surface area contributed by atoms with E-state index in [0.29, 0.717) is 5.41 Å². The molecule has 0 aliphatic heterocycles. The van der Waals surface area contributed by atoms with E-state index in [0.717, 1.165) is 12.1 Å². The van der Waals surface area contributed by atoms with E-state index in [-0.39, 0.29) is 0 Å². The molecule has 158 valence electrons. The van der Waals surface area contributed by atoms with Crippen molar-refractivity contribution in [2.24, 2.45) is 0 Å². The maximum atomic E-state index is 6.05. The molecular weight excluding hydrogens is 350 g/mol. The molecule has 0 saturated heterocycles. The number of aryl methyl sites for hydroxylation is 1. The molecule has 0 atom stereocenters. The fourth-order valence-electron chi connectivity index (χ4n) is 5.39. The SMILES string of the molecule is CCCCCCCCC1(c2ccccc2Cc2ccc(N)c(C)c2)CCCCC1. The van der Waals surface area contributed by atoms with Gasteiger partial charge in [-0.15, -0.1) is 0 Å². The van der Waals surface area contributed by atoms with Gasteiger partial charge in [0.15, 0.2) is 0 Å². The average molecular weight is 392 g/mol. The van der Waals surface area contributed by atoms with E-state index in [1.54, 1.807) is 5.56 Å². The fourth-order valence-corrected chi connectivity index (χ4v) is 5.39. The summed E-state index contributed by atoms with van der Waals surface area (Å²) < 4.78 is 0. The van der Waals surface area contributed by atoms with Crippen LogP contribution >= 0.6 is 0 Å². The Morgan fingerprint density at radius 3 is 2.34 bits per heavy atom. The van der Waals surface area contributed by atoms with Crippen molar-refractivity contribution >= 4 is 5.69 Å². The first-order valence-electron chi connectivity index (χ1n) is 12.1. The van der Waals surface area contributed by atoms with Crippen LogP contribution in [0.15, 0.2) is 42.5 Å². The van der Waals surface area contributed by atoms with Crippen LogP contribution in [-0.4, -0.2) is 0 Å². The largest absolute Gasteiger partial charge is 0.399 e. The Bertz CT molecular complexity index is 755. The van der Waals surface area contributed by atoms with Crippen molar-refractivity contribution in [3.05, 3.63) is 64.7 Å². The normalized spacial score (nSPS) is 16.1. The second-order valence-corrected chi connectivity index (χ2v) is 9.38. The monoisotopic (exact) mass is 391 g/mol. The maximum Gasteiger partial charge on any atom is 0.0343 e. The molecule has 1 nitrogen and oxygen atoms in total. The summed E-state index contributed by atoms with van der Waals surface area (Å²) in [6, 6.07) is 15.9. The second-order valence-electron chi connectivity index (χ2n) is 9.38. The van der Waals surface area contributed by atoms with E-state index in [4.69, 9.17) is 5.73 Å². The lowest BCUT2D eigenvalue weighted by Crippen LogP contribution is -2.30. The Labute approximate surface area is 179 Å². The predicted octanol–water partition coefficient (Wildman–Crippen LogP) is 8.12. The maximum absolute atomic E-state index is 6.05. The van der Waals surface area contributed by atoms with E-state index in [1.807, 2.05) is 0 Å². The Kier molecular flexibility index (Phi) is 8.21. The van der Waals surface area contributed by atoms with Crippen LogP contribution in [0.4, 0.5) is 5.69 Å². The van der Waals surface area contributed by atoms with Crippen molar-refractivity contribution in [2.45, 2.75) is 103 Å². The van der Waals surface area contributed by atoms with Gasteiger partial charge in [-0.25, -0.2) is 0 Å². The highest BCUT2D eigenvalue weighted by Gasteiger charge is 2.34. The minimum atomic E-state index is 0.405. The minimum Gasteiger partial charge on any atom is -0.399 e. The minimum absolute atomic E-state index is 0.405. The predicted molar refractivity (Wildman–Crippen MR) is 128 cm³/mol. The number of unbranched alkanes of at least 4 members (excludes halogenated alkanes) is 5. The van der Waals surface area contributed by atoms with Gasteiger partial charge in [-0.3, -0.25) is 0 Å².